The number of para-hydroxylation sites is 1. The molecule has 0 aromatic heterocycles. The molecule has 0 bridgehead atoms. The van der Waals surface area contributed by atoms with E-state index in [1.165, 1.54) is 0 Å². The van der Waals surface area contributed by atoms with Crippen LogP contribution < -0.4 is 15.4 Å². The van der Waals surface area contributed by atoms with Crippen LogP contribution in [0.25, 0.3) is 0 Å². The Hall–Kier alpha value is -1.42. The van der Waals surface area contributed by atoms with Crippen LogP contribution in [0.4, 0.5) is 4.79 Å². The summed E-state index contributed by atoms with van der Waals surface area (Å²) in [5.74, 6) is 0.621. The van der Waals surface area contributed by atoms with Crippen LogP contribution in [0.15, 0.2) is 24.3 Å². The minimum Gasteiger partial charge on any atom is -0.487 e. The van der Waals surface area contributed by atoms with E-state index in [0.717, 1.165) is 0 Å². The van der Waals surface area contributed by atoms with Gasteiger partial charge in [-0.15, -0.1) is 0 Å². The highest BCUT2D eigenvalue weighted by Gasteiger charge is 2.07. The van der Waals surface area contributed by atoms with Crippen LogP contribution in [0.3, 0.4) is 0 Å². The Morgan fingerprint density at radius 1 is 1.50 bits per heavy atom. The molecule has 0 heterocycles. The molecule has 2 amide bonds. The molecule has 0 fully saturated rings. The number of rotatable bonds is 4. The van der Waals surface area contributed by atoms with E-state index in [9.17, 15) is 4.79 Å². The maximum Gasteiger partial charge on any atom is 0.314 e. The van der Waals surface area contributed by atoms with Crippen LogP contribution in [0, 0.1) is 0 Å². The van der Waals surface area contributed by atoms with Crippen molar-refractivity contribution in [1.29, 1.82) is 0 Å². The summed E-state index contributed by atoms with van der Waals surface area (Å²) in [4.78, 5) is 10.9. The second-order valence-corrected chi connectivity index (χ2v) is 3.73. The van der Waals surface area contributed by atoms with Crippen molar-refractivity contribution in [2.75, 3.05) is 13.6 Å². The van der Waals surface area contributed by atoms with Crippen LogP contribution in [0.2, 0.25) is 5.02 Å². The van der Waals surface area contributed by atoms with Crippen LogP contribution in [-0.2, 0) is 0 Å². The van der Waals surface area contributed by atoms with Gasteiger partial charge in [-0.25, -0.2) is 4.79 Å². The number of carbonyl (C=O) groups is 1. The third kappa shape index (κ3) is 3.98. The quantitative estimate of drug-likeness (QED) is 0.849. The summed E-state index contributed by atoms with van der Waals surface area (Å²) in [5, 5.41) is 5.68. The Balaban J connectivity index is 2.43. The minimum absolute atomic E-state index is 0.141. The largest absolute Gasteiger partial charge is 0.487 e. The molecule has 0 spiro atoms. The van der Waals surface area contributed by atoms with E-state index in [1.54, 1.807) is 19.2 Å². The second-order valence-electron chi connectivity index (χ2n) is 3.32. The van der Waals surface area contributed by atoms with Crippen LogP contribution in [0.1, 0.15) is 6.92 Å². The molecule has 5 heteroatoms. The summed E-state index contributed by atoms with van der Waals surface area (Å²) in [5.41, 5.74) is 0. The highest BCUT2D eigenvalue weighted by molar-refractivity contribution is 6.32. The molecular weight excluding hydrogens is 228 g/mol. The maximum atomic E-state index is 10.9. The molecule has 0 aliphatic carbocycles. The van der Waals surface area contributed by atoms with Gasteiger partial charge in [0.1, 0.15) is 11.9 Å². The van der Waals surface area contributed by atoms with E-state index in [1.807, 2.05) is 19.1 Å². The molecule has 0 unspecified atom stereocenters. The van der Waals surface area contributed by atoms with E-state index in [2.05, 4.69) is 10.6 Å². The van der Waals surface area contributed by atoms with Gasteiger partial charge in [0, 0.05) is 7.05 Å². The van der Waals surface area contributed by atoms with Crippen molar-refractivity contribution in [3.8, 4) is 5.75 Å². The van der Waals surface area contributed by atoms with Crippen molar-refractivity contribution in [1.82, 2.24) is 10.6 Å². The zero-order chi connectivity index (χ0) is 12.0. The van der Waals surface area contributed by atoms with Gasteiger partial charge in [0.2, 0.25) is 0 Å². The molecule has 2 N–H and O–H groups in total. The van der Waals surface area contributed by atoms with Gasteiger partial charge in [0.25, 0.3) is 0 Å². The predicted octanol–water partition coefficient (Wildman–Crippen LogP) is 2.04. The monoisotopic (exact) mass is 242 g/mol. The zero-order valence-electron chi connectivity index (χ0n) is 9.29. The Kier molecular flexibility index (Phi) is 4.92. The van der Waals surface area contributed by atoms with Gasteiger partial charge in [-0.2, -0.15) is 0 Å². The lowest BCUT2D eigenvalue weighted by atomic mass is 10.3. The number of amides is 2. The molecule has 88 valence electrons. The Labute approximate surface area is 99.9 Å². The summed E-state index contributed by atoms with van der Waals surface area (Å²) in [7, 11) is 1.56. The van der Waals surface area contributed by atoms with Crippen LogP contribution >= 0.6 is 11.6 Å². The normalized spacial score (nSPS) is 11.7. The number of urea groups is 1. The van der Waals surface area contributed by atoms with Crippen LogP contribution in [0.5, 0.6) is 5.75 Å². The first kappa shape index (κ1) is 12.6. The fourth-order valence-corrected chi connectivity index (χ4v) is 1.30. The minimum atomic E-state index is -0.227. The molecule has 0 saturated carbocycles. The summed E-state index contributed by atoms with van der Waals surface area (Å²) in [6, 6.07) is 7.01. The fraction of sp³-hybridized carbons (Fsp3) is 0.364. The lowest BCUT2D eigenvalue weighted by Gasteiger charge is -2.16. The topological polar surface area (TPSA) is 50.4 Å². The number of hydrogen-bond acceptors (Lipinski definition) is 2. The third-order valence-corrected chi connectivity index (χ3v) is 2.25. The Morgan fingerprint density at radius 3 is 2.81 bits per heavy atom. The van der Waals surface area contributed by atoms with Gasteiger partial charge in [0.05, 0.1) is 11.6 Å². The first-order chi connectivity index (χ1) is 7.63. The fourth-order valence-electron chi connectivity index (χ4n) is 1.12. The molecular formula is C11H15ClN2O2. The van der Waals surface area contributed by atoms with Crippen molar-refractivity contribution in [2.24, 2.45) is 0 Å². The molecule has 16 heavy (non-hydrogen) atoms. The van der Waals surface area contributed by atoms with Crippen molar-refractivity contribution in [3.05, 3.63) is 29.3 Å². The van der Waals surface area contributed by atoms with Crippen molar-refractivity contribution >= 4 is 17.6 Å². The van der Waals surface area contributed by atoms with Gasteiger partial charge in [-0.1, -0.05) is 23.7 Å². The molecule has 1 aromatic rings. The Morgan fingerprint density at radius 2 is 2.19 bits per heavy atom. The maximum absolute atomic E-state index is 10.9. The standard InChI is InChI=1S/C11H15ClN2O2/c1-8(7-14-11(15)13-2)16-10-6-4-3-5-9(10)12/h3-6,8H,7H2,1-2H3,(H2,13,14,15)/t8-/m0/s1. The average Bonchev–Trinajstić information content (AvgIpc) is 2.29. The molecule has 1 rings (SSSR count). The Bertz CT molecular complexity index is 358. The van der Waals surface area contributed by atoms with E-state index in [4.69, 9.17) is 16.3 Å². The highest BCUT2D eigenvalue weighted by Crippen LogP contribution is 2.23. The third-order valence-electron chi connectivity index (χ3n) is 1.94. The number of benzene rings is 1. The molecule has 0 aliphatic heterocycles. The van der Waals surface area contributed by atoms with Gasteiger partial charge >= 0.3 is 6.03 Å². The lowest BCUT2D eigenvalue weighted by Crippen LogP contribution is -2.38. The summed E-state index contributed by atoms with van der Waals surface area (Å²) in [6.07, 6.45) is -0.141. The van der Waals surface area contributed by atoms with Crippen molar-refractivity contribution < 1.29 is 9.53 Å². The van der Waals surface area contributed by atoms with E-state index in [0.29, 0.717) is 17.3 Å². The van der Waals surface area contributed by atoms with Gasteiger partial charge in [0.15, 0.2) is 0 Å². The first-order valence-electron chi connectivity index (χ1n) is 5.00. The van der Waals surface area contributed by atoms with E-state index in [-0.39, 0.29) is 12.1 Å². The van der Waals surface area contributed by atoms with Gasteiger partial charge in [-0.3, -0.25) is 0 Å². The van der Waals surface area contributed by atoms with Crippen LogP contribution in [-0.4, -0.2) is 25.7 Å². The van der Waals surface area contributed by atoms with Crippen molar-refractivity contribution in [2.45, 2.75) is 13.0 Å². The molecule has 0 radical (unpaired) electrons. The molecule has 0 aliphatic rings. The van der Waals surface area contributed by atoms with Gasteiger partial charge in [-0.05, 0) is 19.1 Å². The number of halogens is 1. The summed E-state index contributed by atoms with van der Waals surface area (Å²) >= 11 is 5.93. The van der Waals surface area contributed by atoms with E-state index >= 15 is 0 Å². The smallest absolute Gasteiger partial charge is 0.314 e. The van der Waals surface area contributed by atoms with Crippen molar-refractivity contribution in [3.63, 3.8) is 0 Å². The molecule has 0 saturated heterocycles. The average molecular weight is 243 g/mol. The SMILES string of the molecule is CNC(=O)NC[C@H](C)Oc1ccccc1Cl. The number of ether oxygens (including phenoxy) is 1. The lowest BCUT2D eigenvalue weighted by molar-refractivity contribution is 0.208. The highest BCUT2D eigenvalue weighted by atomic mass is 35.5. The molecule has 1 atom stereocenters. The molecule has 4 nitrogen and oxygen atoms in total. The summed E-state index contributed by atoms with van der Waals surface area (Å²) in [6.45, 7) is 2.28. The zero-order valence-corrected chi connectivity index (χ0v) is 10.0. The molecule has 1 aromatic carbocycles. The predicted molar refractivity (Wildman–Crippen MR) is 64.0 cm³/mol. The summed E-state index contributed by atoms with van der Waals surface area (Å²) < 4.78 is 5.57. The van der Waals surface area contributed by atoms with Gasteiger partial charge < -0.3 is 15.4 Å². The second kappa shape index (κ2) is 6.23. The number of hydrogen-bond donors (Lipinski definition) is 2. The van der Waals surface area contributed by atoms with E-state index < -0.39 is 0 Å². The number of carbonyl (C=O) groups excluding carboxylic acids is 1. The number of nitrogens with one attached hydrogen (secondary N) is 2. The first-order valence-corrected chi connectivity index (χ1v) is 5.38.